The van der Waals surface area contributed by atoms with Crippen LogP contribution in [0.3, 0.4) is 0 Å². The first kappa shape index (κ1) is 24.3. The van der Waals surface area contributed by atoms with E-state index in [1.54, 1.807) is 24.2 Å². The quantitative estimate of drug-likeness (QED) is 0.354. The maximum Gasteiger partial charge on any atom is 0.225 e. The molecule has 180 valence electrons. The molecule has 35 heavy (non-hydrogen) atoms. The number of ether oxygens (including phenoxy) is 1. The second-order valence-electron chi connectivity index (χ2n) is 8.08. The first-order valence-corrected chi connectivity index (χ1v) is 11.3. The summed E-state index contributed by atoms with van der Waals surface area (Å²) in [5.41, 5.74) is 4.86. The van der Waals surface area contributed by atoms with Crippen LogP contribution in [0.5, 0.6) is 5.75 Å². The van der Waals surface area contributed by atoms with Crippen molar-refractivity contribution in [1.82, 2.24) is 25.0 Å². The van der Waals surface area contributed by atoms with Crippen molar-refractivity contribution in [3.8, 4) is 17.0 Å². The van der Waals surface area contributed by atoms with Gasteiger partial charge in [-0.2, -0.15) is 15.3 Å². The van der Waals surface area contributed by atoms with E-state index in [4.69, 9.17) is 21.4 Å². The van der Waals surface area contributed by atoms with Gasteiger partial charge in [0.05, 0.1) is 31.7 Å². The third-order valence-corrected chi connectivity index (χ3v) is 5.90. The van der Waals surface area contributed by atoms with E-state index in [2.05, 4.69) is 20.5 Å². The van der Waals surface area contributed by atoms with Gasteiger partial charge in [-0.3, -0.25) is 4.79 Å². The van der Waals surface area contributed by atoms with E-state index in [-0.39, 0.29) is 17.5 Å². The zero-order chi connectivity index (χ0) is 24.9. The number of halogens is 2. The van der Waals surface area contributed by atoms with Gasteiger partial charge >= 0.3 is 0 Å². The normalized spacial score (nSPS) is 10.9. The number of benzene rings is 1. The summed E-state index contributed by atoms with van der Waals surface area (Å²) < 4.78 is 20.7. The summed E-state index contributed by atoms with van der Waals surface area (Å²) in [6, 6.07) is 8.94. The van der Waals surface area contributed by atoms with Gasteiger partial charge in [-0.05, 0) is 55.2 Å². The standard InChI is InChI=1S/C25H24ClFN6O2/c1-15-11-29-30-13-20(15)23-16(2)25(33(32-23)14-17-4-7-19(35-3)8-5-17)31-22(34)9-6-18-10-21(27)24(26)28-12-18/h4-5,7-8,10-13H,6,9,14H2,1-3H3,(H,31,34). The Morgan fingerprint density at radius 1 is 1.11 bits per heavy atom. The topological polar surface area (TPSA) is 94.8 Å². The number of hydrogen-bond acceptors (Lipinski definition) is 6. The lowest BCUT2D eigenvalue weighted by atomic mass is 10.1. The number of aromatic nitrogens is 5. The second kappa shape index (κ2) is 10.6. The molecule has 10 heteroatoms. The number of carbonyl (C=O) groups excluding carboxylic acids is 1. The number of methoxy groups -OCH3 is 1. The van der Waals surface area contributed by atoms with E-state index in [1.807, 2.05) is 38.1 Å². The van der Waals surface area contributed by atoms with Crippen molar-refractivity contribution in [1.29, 1.82) is 0 Å². The number of rotatable bonds is 8. The minimum atomic E-state index is -0.607. The molecule has 1 amide bonds. The molecule has 0 saturated carbocycles. The predicted molar refractivity (Wildman–Crippen MR) is 131 cm³/mol. The molecule has 0 radical (unpaired) electrons. The fourth-order valence-corrected chi connectivity index (χ4v) is 3.77. The Balaban J connectivity index is 1.60. The van der Waals surface area contributed by atoms with Crippen molar-refractivity contribution in [3.63, 3.8) is 0 Å². The Labute approximate surface area is 207 Å². The highest BCUT2D eigenvalue weighted by Gasteiger charge is 2.20. The predicted octanol–water partition coefficient (Wildman–Crippen LogP) is 4.77. The lowest BCUT2D eigenvalue weighted by Gasteiger charge is -2.11. The number of carbonyl (C=O) groups is 1. The van der Waals surface area contributed by atoms with E-state index in [9.17, 15) is 9.18 Å². The zero-order valence-electron chi connectivity index (χ0n) is 19.5. The molecule has 0 fully saturated rings. The van der Waals surface area contributed by atoms with Gasteiger partial charge in [0, 0.05) is 23.7 Å². The average Bonchev–Trinajstić information content (AvgIpc) is 3.15. The number of hydrogen-bond donors (Lipinski definition) is 1. The molecular formula is C25H24ClFN6O2. The highest BCUT2D eigenvalue weighted by molar-refractivity contribution is 6.29. The van der Waals surface area contributed by atoms with Gasteiger partial charge in [0.25, 0.3) is 0 Å². The Kier molecular flexibility index (Phi) is 7.36. The Morgan fingerprint density at radius 3 is 2.54 bits per heavy atom. The van der Waals surface area contributed by atoms with Crippen LogP contribution < -0.4 is 10.1 Å². The molecule has 4 aromatic rings. The van der Waals surface area contributed by atoms with Crippen LogP contribution in [0, 0.1) is 19.7 Å². The Bertz CT molecular complexity index is 1360. The number of anilines is 1. The summed E-state index contributed by atoms with van der Waals surface area (Å²) in [5.74, 6) is 0.503. The molecule has 0 aliphatic rings. The van der Waals surface area contributed by atoms with Gasteiger partial charge in [-0.15, -0.1) is 0 Å². The molecule has 0 bridgehead atoms. The van der Waals surface area contributed by atoms with Crippen molar-refractivity contribution >= 4 is 23.3 Å². The summed E-state index contributed by atoms with van der Waals surface area (Å²) in [7, 11) is 1.62. The van der Waals surface area contributed by atoms with E-state index in [0.717, 1.165) is 28.0 Å². The lowest BCUT2D eigenvalue weighted by molar-refractivity contribution is -0.116. The molecule has 0 atom stereocenters. The third kappa shape index (κ3) is 5.63. The van der Waals surface area contributed by atoms with E-state index in [0.29, 0.717) is 30.0 Å². The van der Waals surface area contributed by atoms with Gasteiger partial charge in [0.1, 0.15) is 11.6 Å². The van der Waals surface area contributed by atoms with Crippen molar-refractivity contribution in [2.24, 2.45) is 0 Å². The molecule has 0 saturated heterocycles. The molecule has 0 aliphatic heterocycles. The fraction of sp³-hybridized carbons (Fsp3) is 0.240. The number of pyridine rings is 1. The largest absolute Gasteiger partial charge is 0.497 e. The smallest absolute Gasteiger partial charge is 0.225 e. The second-order valence-corrected chi connectivity index (χ2v) is 8.44. The SMILES string of the molecule is COc1ccc(Cn2nc(-c3cnncc3C)c(C)c2NC(=O)CCc2cnc(Cl)c(F)c2)cc1. The Hall–Kier alpha value is -3.85. The summed E-state index contributed by atoms with van der Waals surface area (Å²) >= 11 is 5.64. The molecule has 4 rings (SSSR count). The van der Waals surface area contributed by atoms with Crippen molar-refractivity contribution < 1.29 is 13.9 Å². The van der Waals surface area contributed by atoms with Crippen LogP contribution in [0.1, 0.15) is 28.7 Å². The molecule has 3 aromatic heterocycles. The van der Waals surface area contributed by atoms with Crippen LogP contribution in [0.25, 0.3) is 11.3 Å². The highest BCUT2D eigenvalue weighted by Crippen LogP contribution is 2.30. The molecule has 0 spiro atoms. The molecule has 0 unspecified atom stereocenters. The van der Waals surface area contributed by atoms with Crippen LogP contribution in [-0.4, -0.2) is 38.0 Å². The molecule has 0 aliphatic carbocycles. The lowest BCUT2D eigenvalue weighted by Crippen LogP contribution is -2.17. The van der Waals surface area contributed by atoms with Crippen LogP contribution in [0.2, 0.25) is 5.15 Å². The molecule has 1 aromatic carbocycles. The maximum atomic E-state index is 13.7. The third-order valence-electron chi connectivity index (χ3n) is 5.62. The number of nitrogens with one attached hydrogen (secondary N) is 1. The summed E-state index contributed by atoms with van der Waals surface area (Å²) in [4.78, 5) is 16.7. The van der Waals surface area contributed by atoms with E-state index < -0.39 is 5.82 Å². The monoisotopic (exact) mass is 494 g/mol. The van der Waals surface area contributed by atoms with Crippen molar-refractivity contribution in [2.75, 3.05) is 12.4 Å². The minimum Gasteiger partial charge on any atom is -0.497 e. The van der Waals surface area contributed by atoms with Gasteiger partial charge in [-0.1, -0.05) is 23.7 Å². The van der Waals surface area contributed by atoms with E-state index in [1.165, 1.54) is 12.3 Å². The van der Waals surface area contributed by atoms with Crippen LogP contribution in [0.15, 0.2) is 48.9 Å². The van der Waals surface area contributed by atoms with Gasteiger partial charge < -0.3 is 10.1 Å². The number of amides is 1. The van der Waals surface area contributed by atoms with E-state index >= 15 is 0 Å². The summed E-state index contributed by atoms with van der Waals surface area (Å²) in [6.07, 6.45) is 5.26. The fourth-order valence-electron chi connectivity index (χ4n) is 3.66. The first-order chi connectivity index (χ1) is 16.9. The summed E-state index contributed by atoms with van der Waals surface area (Å²) in [6.45, 7) is 4.27. The number of nitrogens with zero attached hydrogens (tertiary/aromatic N) is 5. The minimum absolute atomic E-state index is 0.140. The molecule has 8 nitrogen and oxygen atoms in total. The van der Waals surface area contributed by atoms with Crippen molar-refractivity contribution in [3.05, 3.63) is 82.1 Å². The number of aryl methyl sites for hydroxylation is 2. The average molecular weight is 495 g/mol. The molecular weight excluding hydrogens is 471 g/mol. The van der Waals surface area contributed by atoms with Crippen molar-refractivity contribution in [2.45, 2.75) is 33.2 Å². The first-order valence-electron chi connectivity index (χ1n) is 10.9. The maximum absolute atomic E-state index is 13.7. The van der Waals surface area contributed by atoms with Crippen LogP contribution >= 0.6 is 11.6 Å². The van der Waals surface area contributed by atoms with Gasteiger partial charge in [0.2, 0.25) is 5.91 Å². The van der Waals surface area contributed by atoms with Gasteiger partial charge in [0.15, 0.2) is 11.0 Å². The van der Waals surface area contributed by atoms with Gasteiger partial charge in [-0.25, -0.2) is 14.1 Å². The van der Waals surface area contributed by atoms with Crippen LogP contribution in [-0.2, 0) is 17.8 Å². The van der Waals surface area contributed by atoms with Crippen LogP contribution in [0.4, 0.5) is 10.2 Å². The molecule has 1 N–H and O–H groups in total. The molecule has 3 heterocycles. The Morgan fingerprint density at radius 2 is 1.86 bits per heavy atom. The zero-order valence-corrected chi connectivity index (χ0v) is 20.3. The highest BCUT2D eigenvalue weighted by atomic mass is 35.5. The summed E-state index contributed by atoms with van der Waals surface area (Å²) in [5, 5.41) is 15.5.